The zero-order valence-corrected chi connectivity index (χ0v) is 16.2. The highest BCUT2D eigenvalue weighted by Crippen LogP contribution is 2.21. The van der Waals surface area contributed by atoms with Crippen molar-refractivity contribution in [1.82, 2.24) is 9.21 Å². The fourth-order valence-electron chi connectivity index (χ4n) is 2.79. The van der Waals surface area contributed by atoms with E-state index in [1.807, 2.05) is 4.90 Å². The highest BCUT2D eigenvalue weighted by Gasteiger charge is 2.29. The van der Waals surface area contributed by atoms with Crippen LogP contribution < -0.4 is 5.32 Å². The molecule has 1 fully saturated rings. The third-order valence-electron chi connectivity index (χ3n) is 4.29. The molecular weight excluding hydrogens is 407 g/mol. The van der Waals surface area contributed by atoms with Crippen LogP contribution in [0.1, 0.15) is 0 Å². The van der Waals surface area contributed by atoms with Gasteiger partial charge < -0.3 is 10.2 Å². The van der Waals surface area contributed by atoms with Crippen LogP contribution in [0.5, 0.6) is 0 Å². The second-order valence-corrected chi connectivity index (χ2v) is 8.41. The highest BCUT2D eigenvalue weighted by atomic mass is 32.2. The van der Waals surface area contributed by atoms with Crippen molar-refractivity contribution < 1.29 is 17.7 Å². The van der Waals surface area contributed by atoms with E-state index in [1.165, 1.54) is 40.7 Å². The van der Waals surface area contributed by atoms with Crippen LogP contribution in [0.4, 0.5) is 15.8 Å². The Labute approximate surface area is 166 Å². The summed E-state index contributed by atoms with van der Waals surface area (Å²) < 4.78 is 40.0. The van der Waals surface area contributed by atoms with Crippen molar-refractivity contribution in [3.8, 4) is 0 Å². The molecular formula is C17H17FN4O4S2. The molecule has 0 unspecified atom stereocenters. The summed E-state index contributed by atoms with van der Waals surface area (Å²) in [6, 6.07) is 10.7. The third-order valence-corrected chi connectivity index (χ3v) is 6.56. The van der Waals surface area contributed by atoms with Gasteiger partial charge in [-0.15, -0.1) is 0 Å². The minimum absolute atomic E-state index is 0.00649. The van der Waals surface area contributed by atoms with Gasteiger partial charge >= 0.3 is 0 Å². The summed E-state index contributed by atoms with van der Waals surface area (Å²) in [5.41, 5.74) is 0.350. The number of benzene rings is 2. The monoisotopic (exact) mass is 424 g/mol. The molecule has 8 nitrogen and oxygen atoms in total. The van der Waals surface area contributed by atoms with Crippen molar-refractivity contribution in [3.05, 3.63) is 64.5 Å². The Kier molecular flexibility index (Phi) is 5.87. The molecule has 148 valence electrons. The summed E-state index contributed by atoms with van der Waals surface area (Å²) in [6.07, 6.45) is 0. The van der Waals surface area contributed by atoms with Crippen molar-refractivity contribution >= 4 is 38.7 Å². The molecule has 1 heterocycles. The predicted octanol–water partition coefficient (Wildman–Crippen LogP) is 2.44. The minimum Gasteiger partial charge on any atom is -0.346 e. The van der Waals surface area contributed by atoms with Crippen LogP contribution in [0.15, 0.2) is 53.4 Å². The fourth-order valence-corrected chi connectivity index (χ4v) is 4.51. The summed E-state index contributed by atoms with van der Waals surface area (Å²) in [4.78, 5) is 11.9. The maximum absolute atomic E-state index is 13.3. The van der Waals surface area contributed by atoms with E-state index < -0.39 is 14.9 Å². The number of sulfonamides is 1. The van der Waals surface area contributed by atoms with Gasteiger partial charge in [-0.05, 0) is 42.5 Å². The zero-order chi connectivity index (χ0) is 20.3. The van der Waals surface area contributed by atoms with Gasteiger partial charge in [0, 0.05) is 44.0 Å². The Balaban J connectivity index is 1.62. The van der Waals surface area contributed by atoms with Crippen LogP contribution in [-0.4, -0.2) is 53.8 Å². The van der Waals surface area contributed by atoms with Crippen molar-refractivity contribution in [3.63, 3.8) is 0 Å². The van der Waals surface area contributed by atoms with Crippen LogP contribution in [0.3, 0.4) is 0 Å². The number of nitro benzene ring substituents is 1. The van der Waals surface area contributed by atoms with Gasteiger partial charge in [-0.3, -0.25) is 10.1 Å². The van der Waals surface area contributed by atoms with E-state index >= 15 is 0 Å². The molecule has 0 radical (unpaired) electrons. The number of hydrogen-bond donors (Lipinski definition) is 1. The molecule has 2 aromatic carbocycles. The first-order valence-corrected chi connectivity index (χ1v) is 10.2. The van der Waals surface area contributed by atoms with Gasteiger partial charge in [0.25, 0.3) is 5.69 Å². The molecule has 0 saturated carbocycles. The Hall–Kier alpha value is -2.63. The first-order valence-electron chi connectivity index (χ1n) is 8.33. The Morgan fingerprint density at radius 2 is 1.75 bits per heavy atom. The molecule has 1 aliphatic rings. The molecule has 0 amide bonds. The molecule has 0 aliphatic carbocycles. The number of nitrogens with one attached hydrogen (secondary N) is 1. The molecule has 2 aromatic rings. The first-order chi connectivity index (χ1) is 13.3. The lowest BCUT2D eigenvalue weighted by Gasteiger charge is -2.35. The third kappa shape index (κ3) is 4.43. The van der Waals surface area contributed by atoms with Crippen molar-refractivity contribution in [2.24, 2.45) is 0 Å². The zero-order valence-electron chi connectivity index (χ0n) is 14.6. The standard InChI is InChI=1S/C17H17FN4O4S2/c18-13-2-1-3-14(12-13)19-17(27)20-8-10-21(11-9-20)28(25,26)16-6-4-15(5-7-16)22(23)24/h1-7,12H,8-11H2,(H,19,27). The number of hydrogen-bond acceptors (Lipinski definition) is 5. The number of non-ortho nitro benzene ring substituents is 1. The van der Waals surface area contributed by atoms with E-state index in [1.54, 1.807) is 12.1 Å². The Bertz CT molecular complexity index is 990. The van der Waals surface area contributed by atoms with E-state index in [4.69, 9.17) is 12.2 Å². The van der Waals surface area contributed by atoms with Crippen LogP contribution in [0.2, 0.25) is 0 Å². The second kappa shape index (κ2) is 8.17. The van der Waals surface area contributed by atoms with E-state index in [0.717, 1.165) is 0 Å². The highest BCUT2D eigenvalue weighted by molar-refractivity contribution is 7.89. The molecule has 1 aliphatic heterocycles. The molecule has 11 heteroatoms. The molecule has 1 saturated heterocycles. The van der Waals surface area contributed by atoms with Crippen molar-refractivity contribution in [2.75, 3.05) is 31.5 Å². The Morgan fingerprint density at radius 1 is 1.11 bits per heavy atom. The number of halogens is 1. The van der Waals surface area contributed by atoms with E-state index in [0.29, 0.717) is 23.9 Å². The van der Waals surface area contributed by atoms with Crippen LogP contribution in [-0.2, 0) is 10.0 Å². The SMILES string of the molecule is O=[N+]([O-])c1ccc(S(=O)(=O)N2CCN(C(=S)Nc3cccc(F)c3)CC2)cc1. The van der Waals surface area contributed by atoms with Crippen molar-refractivity contribution in [1.29, 1.82) is 0 Å². The maximum atomic E-state index is 13.3. The average Bonchev–Trinajstić information content (AvgIpc) is 2.68. The molecule has 0 bridgehead atoms. The van der Waals surface area contributed by atoms with Gasteiger partial charge in [0.1, 0.15) is 5.82 Å². The molecule has 1 N–H and O–H groups in total. The Morgan fingerprint density at radius 3 is 2.32 bits per heavy atom. The number of nitrogens with zero attached hydrogens (tertiary/aromatic N) is 3. The maximum Gasteiger partial charge on any atom is 0.269 e. The summed E-state index contributed by atoms with van der Waals surface area (Å²) in [5.74, 6) is -0.383. The smallest absolute Gasteiger partial charge is 0.269 e. The summed E-state index contributed by atoms with van der Waals surface area (Å²) >= 11 is 5.32. The summed E-state index contributed by atoms with van der Waals surface area (Å²) in [6.45, 7) is 1.16. The van der Waals surface area contributed by atoms with Gasteiger partial charge in [0.2, 0.25) is 10.0 Å². The van der Waals surface area contributed by atoms with Gasteiger partial charge in [-0.1, -0.05) is 6.07 Å². The first kappa shape index (κ1) is 20.1. The topological polar surface area (TPSA) is 95.8 Å². The molecule has 3 rings (SSSR count). The number of thiocarbonyl (C=S) groups is 1. The lowest BCUT2D eigenvalue weighted by atomic mass is 10.3. The second-order valence-electron chi connectivity index (χ2n) is 6.08. The van der Waals surface area contributed by atoms with Crippen LogP contribution >= 0.6 is 12.2 Å². The normalized spacial score (nSPS) is 15.2. The van der Waals surface area contributed by atoms with Crippen LogP contribution in [0, 0.1) is 15.9 Å². The number of nitro groups is 1. The van der Waals surface area contributed by atoms with Crippen LogP contribution in [0.25, 0.3) is 0 Å². The summed E-state index contributed by atoms with van der Waals surface area (Å²) in [5, 5.41) is 14.0. The molecule has 28 heavy (non-hydrogen) atoms. The molecule has 0 aromatic heterocycles. The lowest BCUT2D eigenvalue weighted by Crippen LogP contribution is -2.51. The van der Waals surface area contributed by atoms with Gasteiger partial charge in [0.05, 0.1) is 9.82 Å². The largest absolute Gasteiger partial charge is 0.346 e. The quantitative estimate of drug-likeness (QED) is 0.457. The van der Waals surface area contributed by atoms with Gasteiger partial charge in [-0.25, -0.2) is 12.8 Å². The number of anilines is 1. The molecule has 0 spiro atoms. The minimum atomic E-state index is -3.75. The van der Waals surface area contributed by atoms with E-state index in [9.17, 15) is 22.9 Å². The lowest BCUT2D eigenvalue weighted by molar-refractivity contribution is -0.384. The number of piperazine rings is 1. The summed E-state index contributed by atoms with van der Waals surface area (Å²) in [7, 11) is -3.75. The van der Waals surface area contributed by atoms with Crippen molar-refractivity contribution in [2.45, 2.75) is 4.90 Å². The predicted molar refractivity (Wildman–Crippen MR) is 106 cm³/mol. The van der Waals surface area contributed by atoms with E-state index in [2.05, 4.69) is 5.32 Å². The van der Waals surface area contributed by atoms with Gasteiger partial charge in [-0.2, -0.15) is 4.31 Å². The number of rotatable bonds is 4. The fraction of sp³-hybridized carbons (Fsp3) is 0.235. The average molecular weight is 424 g/mol. The molecule has 0 atom stereocenters. The van der Waals surface area contributed by atoms with Gasteiger partial charge in [0.15, 0.2) is 5.11 Å². The van der Waals surface area contributed by atoms with E-state index in [-0.39, 0.29) is 29.5 Å².